The largest absolute Gasteiger partial charge is 0.469 e. The highest BCUT2D eigenvalue weighted by Crippen LogP contribution is 2.32. The van der Waals surface area contributed by atoms with E-state index in [0.717, 1.165) is 38.5 Å². The van der Waals surface area contributed by atoms with E-state index < -0.39 is 6.10 Å². The molecule has 0 saturated carbocycles. The summed E-state index contributed by atoms with van der Waals surface area (Å²) in [5.74, 6) is -0.232. The van der Waals surface area contributed by atoms with Gasteiger partial charge in [-0.2, -0.15) is 0 Å². The molecule has 2 rings (SSSR count). The summed E-state index contributed by atoms with van der Waals surface area (Å²) < 4.78 is 4.63. The minimum absolute atomic E-state index is 0.0708. The van der Waals surface area contributed by atoms with Crippen LogP contribution in [0.25, 0.3) is 0 Å². The van der Waals surface area contributed by atoms with E-state index in [1.807, 2.05) is 6.08 Å². The van der Waals surface area contributed by atoms with Crippen LogP contribution in [0.15, 0.2) is 36.4 Å². The summed E-state index contributed by atoms with van der Waals surface area (Å²) in [6, 6.07) is 8.77. The van der Waals surface area contributed by atoms with Crippen LogP contribution in [0.1, 0.15) is 75.3 Å². The molecule has 1 aromatic rings. The van der Waals surface area contributed by atoms with Crippen LogP contribution in [0.5, 0.6) is 0 Å². The summed E-state index contributed by atoms with van der Waals surface area (Å²) in [6.07, 6.45) is 13.3. The average molecular weight is 415 g/mol. The molecule has 1 aliphatic rings. The quantitative estimate of drug-likeness (QED) is 0.329. The third kappa shape index (κ3) is 8.43. The Morgan fingerprint density at radius 2 is 1.73 bits per heavy atom. The van der Waals surface area contributed by atoms with Crippen LogP contribution in [0.2, 0.25) is 0 Å². The van der Waals surface area contributed by atoms with Crippen molar-refractivity contribution in [1.29, 1.82) is 0 Å². The van der Waals surface area contributed by atoms with E-state index in [1.165, 1.54) is 37.5 Å². The first-order valence-corrected chi connectivity index (χ1v) is 11.5. The molecular weight excluding hydrogens is 376 g/mol. The van der Waals surface area contributed by atoms with Crippen LogP contribution in [-0.4, -0.2) is 30.1 Å². The van der Waals surface area contributed by atoms with Crippen molar-refractivity contribution in [2.75, 3.05) is 7.11 Å². The van der Waals surface area contributed by atoms with Gasteiger partial charge in [0.15, 0.2) is 5.78 Å². The van der Waals surface area contributed by atoms with E-state index in [-0.39, 0.29) is 23.6 Å². The number of hydrogen-bond acceptors (Lipinski definition) is 4. The van der Waals surface area contributed by atoms with E-state index >= 15 is 0 Å². The molecule has 30 heavy (non-hydrogen) atoms. The molecule has 0 aromatic heterocycles. The Morgan fingerprint density at radius 3 is 2.47 bits per heavy atom. The summed E-state index contributed by atoms with van der Waals surface area (Å²) in [6.45, 7) is 2.11. The summed E-state index contributed by atoms with van der Waals surface area (Å²) in [4.78, 5) is 23.4. The SMILES string of the molecule is COC(=O)CCCCC[C@H](O)C1C(=O)C=C[C@H]1CCCCCCc1ccc(C)cc1. The molecule has 3 atom stereocenters. The predicted octanol–water partition coefficient (Wildman–Crippen LogP) is 5.34. The summed E-state index contributed by atoms with van der Waals surface area (Å²) in [7, 11) is 1.40. The van der Waals surface area contributed by atoms with Gasteiger partial charge in [0.1, 0.15) is 0 Å². The molecule has 1 aromatic carbocycles. The number of aliphatic hydroxyl groups is 1. The van der Waals surface area contributed by atoms with Crippen LogP contribution < -0.4 is 0 Å². The number of allylic oxidation sites excluding steroid dienone is 2. The zero-order valence-electron chi connectivity index (χ0n) is 18.6. The van der Waals surface area contributed by atoms with E-state index in [2.05, 4.69) is 35.9 Å². The van der Waals surface area contributed by atoms with E-state index in [4.69, 9.17) is 0 Å². The molecule has 1 unspecified atom stereocenters. The molecule has 4 nitrogen and oxygen atoms in total. The predicted molar refractivity (Wildman–Crippen MR) is 120 cm³/mol. The highest BCUT2D eigenvalue weighted by molar-refractivity contribution is 5.95. The molecular formula is C26H38O4. The number of hydrogen-bond donors (Lipinski definition) is 1. The van der Waals surface area contributed by atoms with Crippen molar-refractivity contribution in [3.05, 3.63) is 47.5 Å². The van der Waals surface area contributed by atoms with Crippen molar-refractivity contribution in [2.45, 2.75) is 83.7 Å². The molecule has 166 valence electrons. The second kappa shape index (κ2) is 13.4. The molecule has 0 spiro atoms. The van der Waals surface area contributed by atoms with Crippen LogP contribution in [0, 0.1) is 18.8 Å². The lowest BCUT2D eigenvalue weighted by atomic mass is 9.83. The van der Waals surface area contributed by atoms with Crippen LogP contribution in [0.4, 0.5) is 0 Å². The second-order valence-electron chi connectivity index (χ2n) is 8.63. The van der Waals surface area contributed by atoms with Crippen molar-refractivity contribution in [3.8, 4) is 0 Å². The molecule has 4 heteroatoms. The zero-order valence-corrected chi connectivity index (χ0v) is 18.6. The third-order valence-electron chi connectivity index (χ3n) is 6.19. The molecule has 0 saturated heterocycles. The van der Waals surface area contributed by atoms with Gasteiger partial charge in [0.25, 0.3) is 0 Å². The number of ketones is 1. The van der Waals surface area contributed by atoms with Gasteiger partial charge in [0.2, 0.25) is 0 Å². The summed E-state index contributed by atoms with van der Waals surface area (Å²) in [5.41, 5.74) is 2.70. The minimum Gasteiger partial charge on any atom is -0.469 e. The van der Waals surface area contributed by atoms with Crippen molar-refractivity contribution >= 4 is 11.8 Å². The van der Waals surface area contributed by atoms with Gasteiger partial charge in [-0.05, 0) is 56.6 Å². The lowest BCUT2D eigenvalue weighted by molar-refractivity contribution is -0.140. The Morgan fingerprint density at radius 1 is 1.03 bits per heavy atom. The maximum Gasteiger partial charge on any atom is 0.305 e. The number of aryl methyl sites for hydroxylation is 2. The molecule has 0 fully saturated rings. The first-order chi connectivity index (χ1) is 14.5. The fourth-order valence-corrected chi connectivity index (χ4v) is 4.31. The highest BCUT2D eigenvalue weighted by atomic mass is 16.5. The van der Waals surface area contributed by atoms with Crippen LogP contribution in [0.3, 0.4) is 0 Å². The number of unbranched alkanes of at least 4 members (excludes halogenated alkanes) is 5. The van der Waals surface area contributed by atoms with Gasteiger partial charge in [0.05, 0.1) is 19.1 Å². The minimum atomic E-state index is -0.586. The molecule has 1 aliphatic carbocycles. The molecule has 0 amide bonds. The van der Waals surface area contributed by atoms with E-state index in [0.29, 0.717) is 12.8 Å². The number of carbonyl (C=O) groups is 2. The standard InChI is InChI=1S/C26H38O4/c1-20-14-16-21(17-15-20)10-6-3-4-7-11-22-18-19-24(28)26(22)23(27)12-8-5-9-13-25(29)30-2/h14-19,22-23,26-27H,3-13H2,1-2H3/t22-,23+,26?/m1/s1. The smallest absolute Gasteiger partial charge is 0.305 e. The van der Waals surface area contributed by atoms with Gasteiger partial charge in [-0.3, -0.25) is 9.59 Å². The first kappa shape index (κ1) is 24.3. The molecule has 0 heterocycles. The number of ether oxygens (including phenoxy) is 1. The molecule has 0 bridgehead atoms. The zero-order chi connectivity index (χ0) is 21.8. The lowest BCUT2D eigenvalue weighted by Crippen LogP contribution is -2.30. The van der Waals surface area contributed by atoms with Gasteiger partial charge >= 0.3 is 5.97 Å². The maximum absolute atomic E-state index is 12.3. The Bertz CT molecular complexity index is 677. The molecule has 0 aliphatic heterocycles. The van der Waals surface area contributed by atoms with Crippen LogP contribution >= 0.6 is 0 Å². The normalized spacial score (nSPS) is 19.2. The van der Waals surface area contributed by atoms with Crippen LogP contribution in [-0.2, 0) is 20.7 Å². The summed E-state index contributed by atoms with van der Waals surface area (Å²) in [5, 5.41) is 10.6. The second-order valence-corrected chi connectivity index (χ2v) is 8.63. The molecule has 0 radical (unpaired) electrons. The number of esters is 1. The summed E-state index contributed by atoms with van der Waals surface area (Å²) >= 11 is 0. The van der Waals surface area contributed by atoms with Gasteiger partial charge in [0, 0.05) is 6.42 Å². The number of benzene rings is 1. The number of methoxy groups -OCH3 is 1. The number of rotatable bonds is 14. The highest BCUT2D eigenvalue weighted by Gasteiger charge is 2.35. The van der Waals surface area contributed by atoms with Gasteiger partial charge in [-0.15, -0.1) is 0 Å². The Kier molecular flexibility index (Phi) is 10.9. The maximum atomic E-state index is 12.3. The average Bonchev–Trinajstić information content (AvgIpc) is 3.11. The Balaban J connectivity index is 1.60. The number of carbonyl (C=O) groups excluding carboxylic acids is 2. The van der Waals surface area contributed by atoms with Crippen molar-refractivity contribution in [2.24, 2.45) is 11.8 Å². The molecule has 1 N–H and O–H groups in total. The number of aliphatic hydroxyl groups excluding tert-OH is 1. The van der Waals surface area contributed by atoms with E-state index in [9.17, 15) is 14.7 Å². The fraction of sp³-hybridized carbons (Fsp3) is 0.615. The Hall–Kier alpha value is -1.94. The third-order valence-corrected chi connectivity index (χ3v) is 6.19. The van der Waals surface area contributed by atoms with Gasteiger partial charge < -0.3 is 9.84 Å². The Labute approximate surface area is 181 Å². The monoisotopic (exact) mass is 414 g/mol. The van der Waals surface area contributed by atoms with Gasteiger partial charge in [-0.25, -0.2) is 0 Å². The fourth-order valence-electron chi connectivity index (χ4n) is 4.31. The van der Waals surface area contributed by atoms with Crippen molar-refractivity contribution in [3.63, 3.8) is 0 Å². The first-order valence-electron chi connectivity index (χ1n) is 11.5. The lowest BCUT2D eigenvalue weighted by Gasteiger charge is -2.23. The topological polar surface area (TPSA) is 63.6 Å². The van der Waals surface area contributed by atoms with Crippen molar-refractivity contribution in [1.82, 2.24) is 0 Å². The van der Waals surface area contributed by atoms with Gasteiger partial charge in [-0.1, -0.05) is 68.0 Å². The van der Waals surface area contributed by atoms with E-state index in [1.54, 1.807) is 6.08 Å². The van der Waals surface area contributed by atoms with Crippen molar-refractivity contribution < 1.29 is 19.4 Å².